The molecule has 6 nitrogen and oxygen atoms in total. The van der Waals surface area contributed by atoms with Crippen LogP contribution in [0.3, 0.4) is 0 Å². The van der Waals surface area contributed by atoms with Crippen LogP contribution in [0.4, 0.5) is 17.2 Å². The molecule has 1 heterocycles. The van der Waals surface area contributed by atoms with Gasteiger partial charge in [-0.1, -0.05) is 0 Å². The average molecular weight is 265 g/mol. The zero-order valence-corrected chi connectivity index (χ0v) is 10.7. The maximum Gasteiger partial charge on any atom is 0.215 e. The Bertz CT molecular complexity index is 727. The summed E-state index contributed by atoms with van der Waals surface area (Å²) in [7, 11) is 1.51. The SMILES string of the molecule is COc1ccc(N)c(Nc2ccc(C#N)c(C#N)c2)n1. The highest BCUT2D eigenvalue weighted by Gasteiger charge is 2.07. The maximum absolute atomic E-state index is 8.99. The minimum Gasteiger partial charge on any atom is -0.481 e. The van der Waals surface area contributed by atoms with Gasteiger partial charge in [0.15, 0.2) is 5.82 Å². The van der Waals surface area contributed by atoms with Gasteiger partial charge in [0.25, 0.3) is 0 Å². The Hall–Kier alpha value is -3.25. The number of nitrogens with two attached hydrogens (primary N) is 1. The number of methoxy groups -OCH3 is 1. The van der Waals surface area contributed by atoms with E-state index in [1.54, 1.807) is 30.3 Å². The molecule has 0 aliphatic heterocycles. The van der Waals surface area contributed by atoms with Crippen molar-refractivity contribution < 1.29 is 4.74 Å². The minimum atomic E-state index is 0.291. The van der Waals surface area contributed by atoms with Gasteiger partial charge in [0.05, 0.1) is 23.9 Å². The highest BCUT2D eigenvalue weighted by atomic mass is 16.5. The number of ether oxygens (including phenoxy) is 1. The zero-order valence-electron chi connectivity index (χ0n) is 10.7. The highest BCUT2D eigenvalue weighted by Crippen LogP contribution is 2.24. The lowest BCUT2D eigenvalue weighted by Crippen LogP contribution is -2.01. The van der Waals surface area contributed by atoms with Crippen molar-refractivity contribution in [3.63, 3.8) is 0 Å². The molecule has 0 aliphatic rings. The van der Waals surface area contributed by atoms with Crippen LogP contribution in [0.1, 0.15) is 11.1 Å². The van der Waals surface area contributed by atoms with E-state index >= 15 is 0 Å². The van der Waals surface area contributed by atoms with E-state index < -0.39 is 0 Å². The zero-order chi connectivity index (χ0) is 14.5. The summed E-state index contributed by atoms with van der Waals surface area (Å²) in [4.78, 5) is 4.18. The van der Waals surface area contributed by atoms with Crippen LogP contribution in [0.2, 0.25) is 0 Å². The van der Waals surface area contributed by atoms with Crippen molar-refractivity contribution >= 4 is 17.2 Å². The fraction of sp³-hybridized carbons (Fsp3) is 0.0714. The summed E-state index contributed by atoms with van der Waals surface area (Å²) in [5, 5.41) is 20.9. The number of hydrogen-bond acceptors (Lipinski definition) is 6. The lowest BCUT2D eigenvalue weighted by Gasteiger charge is -2.10. The van der Waals surface area contributed by atoms with E-state index in [0.29, 0.717) is 34.2 Å². The molecule has 0 spiro atoms. The summed E-state index contributed by atoms with van der Waals surface area (Å²) >= 11 is 0. The van der Waals surface area contributed by atoms with Gasteiger partial charge in [-0.2, -0.15) is 15.5 Å². The molecule has 1 aromatic carbocycles. The second kappa shape index (κ2) is 5.59. The van der Waals surface area contributed by atoms with Gasteiger partial charge < -0.3 is 15.8 Å². The van der Waals surface area contributed by atoms with Crippen molar-refractivity contribution in [3.8, 4) is 18.0 Å². The molecule has 0 saturated heterocycles. The van der Waals surface area contributed by atoms with Crippen LogP contribution < -0.4 is 15.8 Å². The summed E-state index contributed by atoms with van der Waals surface area (Å²) in [5.41, 5.74) is 7.51. The number of pyridine rings is 1. The van der Waals surface area contributed by atoms with Crippen LogP contribution in [-0.2, 0) is 0 Å². The molecular weight excluding hydrogens is 254 g/mol. The number of hydrogen-bond donors (Lipinski definition) is 2. The summed E-state index contributed by atoms with van der Waals surface area (Å²) in [6, 6.07) is 12.1. The summed E-state index contributed by atoms with van der Waals surface area (Å²) in [5.74, 6) is 0.855. The van der Waals surface area contributed by atoms with E-state index in [4.69, 9.17) is 21.0 Å². The van der Waals surface area contributed by atoms with Gasteiger partial charge in [0.2, 0.25) is 5.88 Å². The Morgan fingerprint density at radius 1 is 1.15 bits per heavy atom. The van der Waals surface area contributed by atoms with E-state index in [1.807, 2.05) is 12.1 Å². The third-order valence-electron chi connectivity index (χ3n) is 2.63. The first-order valence-electron chi connectivity index (χ1n) is 5.69. The van der Waals surface area contributed by atoms with Gasteiger partial charge in [-0.15, -0.1) is 0 Å². The molecule has 0 bridgehead atoms. The van der Waals surface area contributed by atoms with Crippen molar-refractivity contribution in [2.75, 3.05) is 18.2 Å². The Labute approximate surface area is 116 Å². The molecule has 0 unspecified atom stereocenters. The molecule has 0 atom stereocenters. The molecule has 2 aromatic rings. The topological polar surface area (TPSA) is 108 Å². The van der Waals surface area contributed by atoms with Gasteiger partial charge in [0, 0.05) is 11.8 Å². The lowest BCUT2D eigenvalue weighted by atomic mass is 10.1. The molecular formula is C14H11N5O. The second-order valence-electron chi connectivity index (χ2n) is 3.90. The molecule has 20 heavy (non-hydrogen) atoms. The number of nitriles is 2. The van der Waals surface area contributed by atoms with E-state index in [-0.39, 0.29) is 0 Å². The van der Waals surface area contributed by atoms with Gasteiger partial charge in [-0.3, -0.25) is 0 Å². The van der Waals surface area contributed by atoms with E-state index in [1.165, 1.54) is 7.11 Å². The minimum absolute atomic E-state index is 0.291. The third kappa shape index (κ3) is 2.60. The standard InChI is InChI=1S/C14H11N5O/c1-20-13-5-4-12(17)14(19-13)18-11-3-2-9(7-15)10(6-11)8-16/h2-6H,17H2,1H3,(H,18,19). The Balaban J connectivity index is 2.36. The van der Waals surface area contributed by atoms with Crippen LogP contribution >= 0.6 is 0 Å². The lowest BCUT2D eigenvalue weighted by molar-refractivity contribution is 0.398. The Morgan fingerprint density at radius 2 is 1.90 bits per heavy atom. The average Bonchev–Trinajstić information content (AvgIpc) is 2.49. The van der Waals surface area contributed by atoms with Crippen molar-refractivity contribution in [1.29, 1.82) is 10.5 Å². The first-order valence-corrected chi connectivity index (χ1v) is 5.69. The van der Waals surface area contributed by atoms with Crippen molar-refractivity contribution in [2.24, 2.45) is 0 Å². The van der Waals surface area contributed by atoms with Gasteiger partial charge in [0.1, 0.15) is 12.1 Å². The number of nitrogen functional groups attached to an aromatic ring is 1. The van der Waals surface area contributed by atoms with Crippen molar-refractivity contribution in [2.45, 2.75) is 0 Å². The number of nitrogens with one attached hydrogen (secondary N) is 1. The fourth-order valence-corrected chi connectivity index (χ4v) is 1.61. The van der Waals surface area contributed by atoms with Crippen LogP contribution in [0, 0.1) is 22.7 Å². The van der Waals surface area contributed by atoms with E-state index in [9.17, 15) is 0 Å². The quantitative estimate of drug-likeness (QED) is 0.880. The largest absolute Gasteiger partial charge is 0.481 e. The molecule has 0 amide bonds. The second-order valence-corrected chi connectivity index (χ2v) is 3.90. The molecule has 6 heteroatoms. The monoisotopic (exact) mass is 265 g/mol. The molecule has 1 aromatic heterocycles. The molecule has 0 aliphatic carbocycles. The number of aromatic nitrogens is 1. The first kappa shape index (κ1) is 13.2. The third-order valence-corrected chi connectivity index (χ3v) is 2.63. The maximum atomic E-state index is 8.99. The molecule has 0 saturated carbocycles. The number of anilines is 3. The van der Waals surface area contributed by atoms with Crippen molar-refractivity contribution in [1.82, 2.24) is 4.98 Å². The van der Waals surface area contributed by atoms with Gasteiger partial charge in [-0.05, 0) is 24.3 Å². The normalized spacial score (nSPS) is 9.35. The molecule has 3 N–H and O–H groups in total. The molecule has 0 fully saturated rings. The van der Waals surface area contributed by atoms with E-state index in [0.717, 1.165) is 0 Å². The molecule has 0 radical (unpaired) electrons. The van der Waals surface area contributed by atoms with Crippen LogP contribution in [0.25, 0.3) is 0 Å². The molecule has 2 rings (SSSR count). The van der Waals surface area contributed by atoms with Crippen LogP contribution in [0.15, 0.2) is 30.3 Å². The van der Waals surface area contributed by atoms with Gasteiger partial charge in [-0.25, -0.2) is 0 Å². The highest BCUT2D eigenvalue weighted by molar-refractivity contribution is 5.70. The van der Waals surface area contributed by atoms with Crippen molar-refractivity contribution in [3.05, 3.63) is 41.5 Å². The summed E-state index contributed by atoms with van der Waals surface area (Å²) in [6.45, 7) is 0. The smallest absolute Gasteiger partial charge is 0.215 e. The number of nitrogens with zero attached hydrogens (tertiary/aromatic N) is 3. The number of rotatable bonds is 3. The Morgan fingerprint density at radius 3 is 2.55 bits per heavy atom. The Kier molecular flexibility index (Phi) is 3.69. The van der Waals surface area contributed by atoms with Crippen LogP contribution in [-0.4, -0.2) is 12.1 Å². The fourth-order valence-electron chi connectivity index (χ4n) is 1.61. The molecule has 98 valence electrons. The predicted molar refractivity (Wildman–Crippen MR) is 74.4 cm³/mol. The first-order chi connectivity index (χ1) is 9.67. The van der Waals surface area contributed by atoms with Gasteiger partial charge >= 0.3 is 0 Å². The van der Waals surface area contributed by atoms with E-state index in [2.05, 4.69) is 10.3 Å². The summed E-state index contributed by atoms with van der Waals surface area (Å²) < 4.78 is 5.03. The van der Waals surface area contributed by atoms with Crippen LogP contribution in [0.5, 0.6) is 5.88 Å². The summed E-state index contributed by atoms with van der Waals surface area (Å²) in [6.07, 6.45) is 0. The predicted octanol–water partition coefficient (Wildman–Crippen LogP) is 2.16. The number of benzene rings is 1.